The Morgan fingerprint density at radius 3 is 2.56 bits per heavy atom. The second kappa shape index (κ2) is 8.02. The number of nitrogens with zero attached hydrogens (tertiary/aromatic N) is 1. The van der Waals surface area contributed by atoms with E-state index in [2.05, 4.69) is 0 Å². The number of hydrogen-bond acceptors (Lipinski definition) is 6. The van der Waals surface area contributed by atoms with Crippen LogP contribution in [-0.2, 0) is 9.53 Å². The van der Waals surface area contributed by atoms with Crippen molar-refractivity contribution in [2.24, 2.45) is 0 Å². The van der Waals surface area contributed by atoms with Crippen LogP contribution in [0.15, 0.2) is 64.6 Å². The van der Waals surface area contributed by atoms with Crippen LogP contribution in [0, 0.1) is 11.3 Å². The fraction of sp³-hybridized carbons (Fsp3) is 0.0952. The molecule has 0 radical (unpaired) electrons. The first-order chi connectivity index (χ1) is 13.1. The molecule has 0 atom stereocenters. The van der Waals surface area contributed by atoms with Crippen LogP contribution in [-0.4, -0.2) is 25.5 Å². The normalized spacial score (nSPS) is 11.0. The fourth-order valence-corrected chi connectivity index (χ4v) is 2.40. The minimum absolute atomic E-state index is 0.0987. The van der Waals surface area contributed by atoms with Crippen molar-refractivity contribution < 1.29 is 23.5 Å². The molecule has 0 unspecified atom stereocenters. The molecule has 3 rings (SSSR count). The molecule has 0 fully saturated rings. The highest BCUT2D eigenvalue weighted by atomic mass is 16.5. The third-order valence-corrected chi connectivity index (χ3v) is 3.80. The van der Waals surface area contributed by atoms with Crippen LogP contribution in [0.2, 0.25) is 0 Å². The average molecular weight is 361 g/mol. The summed E-state index contributed by atoms with van der Waals surface area (Å²) in [4.78, 5) is 24.3. The predicted molar refractivity (Wildman–Crippen MR) is 98.1 cm³/mol. The number of Topliss-reactive ketones (excluding diaryl/α,β-unsaturated/α-hetero) is 1. The number of esters is 1. The molecule has 0 bridgehead atoms. The van der Waals surface area contributed by atoms with Gasteiger partial charge in [0.1, 0.15) is 23.0 Å². The number of fused-ring (bicyclic) bond motifs is 1. The zero-order valence-corrected chi connectivity index (χ0v) is 14.5. The zero-order chi connectivity index (χ0) is 19.2. The summed E-state index contributed by atoms with van der Waals surface area (Å²) in [6.07, 6.45) is 1.38. The van der Waals surface area contributed by atoms with Gasteiger partial charge in [-0.2, -0.15) is 5.26 Å². The zero-order valence-electron chi connectivity index (χ0n) is 14.5. The number of benzene rings is 2. The number of nitriles is 1. The number of ketones is 1. The number of furan rings is 1. The van der Waals surface area contributed by atoms with Gasteiger partial charge in [0.15, 0.2) is 12.4 Å². The van der Waals surface area contributed by atoms with Crippen LogP contribution >= 0.6 is 0 Å². The smallest absolute Gasteiger partial charge is 0.349 e. The molecule has 0 saturated heterocycles. The van der Waals surface area contributed by atoms with E-state index in [1.807, 2.05) is 12.1 Å². The maximum absolute atomic E-state index is 12.2. The predicted octanol–water partition coefficient (Wildman–Crippen LogP) is 3.77. The molecule has 6 nitrogen and oxygen atoms in total. The van der Waals surface area contributed by atoms with E-state index < -0.39 is 18.4 Å². The fourth-order valence-electron chi connectivity index (χ4n) is 2.40. The molecule has 27 heavy (non-hydrogen) atoms. The highest BCUT2D eigenvalue weighted by molar-refractivity contribution is 6.02. The third-order valence-electron chi connectivity index (χ3n) is 3.80. The average Bonchev–Trinajstić information content (AvgIpc) is 3.14. The van der Waals surface area contributed by atoms with E-state index >= 15 is 0 Å². The van der Waals surface area contributed by atoms with Gasteiger partial charge in [-0.1, -0.05) is 30.3 Å². The number of carbonyl (C=O) groups is 2. The summed E-state index contributed by atoms with van der Waals surface area (Å²) in [7, 11) is 1.54. The van der Waals surface area contributed by atoms with Gasteiger partial charge in [-0.3, -0.25) is 4.79 Å². The topological polar surface area (TPSA) is 89.5 Å². The van der Waals surface area contributed by atoms with Crippen LogP contribution in [0.25, 0.3) is 17.0 Å². The maximum Gasteiger partial charge on any atom is 0.349 e. The Morgan fingerprint density at radius 1 is 1.15 bits per heavy atom. The number of carbonyl (C=O) groups excluding carboxylic acids is 2. The molecule has 134 valence electrons. The van der Waals surface area contributed by atoms with Crippen molar-refractivity contribution in [2.75, 3.05) is 13.7 Å². The number of hydrogen-bond donors (Lipinski definition) is 0. The quantitative estimate of drug-likeness (QED) is 0.287. The molecule has 1 heterocycles. The molecule has 1 aromatic heterocycles. The van der Waals surface area contributed by atoms with Crippen molar-refractivity contribution in [3.63, 3.8) is 0 Å². The Bertz CT molecular complexity index is 1020. The molecule has 2 aromatic carbocycles. The Kier molecular flexibility index (Phi) is 5.33. The number of ether oxygens (including phenoxy) is 2. The lowest BCUT2D eigenvalue weighted by Crippen LogP contribution is -2.14. The molecular formula is C21H15NO5. The van der Waals surface area contributed by atoms with E-state index in [1.54, 1.807) is 55.6 Å². The van der Waals surface area contributed by atoms with Gasteiger partial charge < -0.3 is 13.9 Å². The first-order valence-electron chi connectivity index (χ1n) is 8.05. The number of para-hydroxylation sites is 1. The highest BCUT2D eigenvalue weighted by Gasteiger charge is 2.17. The number of rotatable bonds is 6. The van der Waals surface area contributed by atoms with Gasteiger partial charge in [0, 0.05) is 5.39 Å². The summed E-state index contributed by atoms with van der Waals surface area (Å²) >= 11 is 0. The van der Waals surface area contributed by atoms with Crippen molar-refractivity contribution in [1.82, 2.24) is 0 Å². The molecule has 0 amide bonds. The molecule has 0 saturated carbocycles. The second-order valence-corrected chi connectivity index (χ2v) is 5.59. The minimum Gasteiger partial charge on any atom is -0.497 e. The van der Waals surface area contributed by atoms with E-state index in [4.69, 9.17) is 13.9 Å². The molecule has 3 aromatic rings. The Labute approximate surface area is 155 Å². The van der Waals surface area contributed by atoms with Crippen LogP contribution in [0.5, 0.6) is 5.75 Å². The van der Waals surface area contributed by atoms with Crippen LogP contribution in [0.1, 0.15) is 16.1 Å². The Balaban J connectivity index is 1.66. The molecule has 0 aliphatic heterocycles. The van der Waals surface area contributed by atoms with E-state index in [-0.39, 0.29) is 11.3 Å². The van der Waals surface area contributed by atoms with Gasteiger partial charge >= 0.3 is 5.97 Å². The summed E-state index contributed by atoms with van der Waals surface area (Å²) in [5.41, 5.74) is 0.995. The van der Waals surface area contributed by atoms with Crippen LogP contribution < -0.4 is 4.74 Å². The SMILES string of the molecule is COc1ccc(/C=C(\C#N)C(=O)OCC(=O)c2cc3ccccc3o2)cc1. The Hall–Kier alpha value is -3.85. The monoisotopic (exact) mass is 361 g/mol. The van der Waals surface area contributed by atoms with Crippen LogP contribution in [0.3, 0.4) is 0 Å². The standard InChI is InChI=1S/C21H15NO5/c1-25-17-8-6-14(7-9-17)10-16(12-22)21(24)26-13-18(23)20-11-15-4-2-3-5-19(15)27-20/h2-11H,13H2,1H3/b16-10+. The van der Waals surface area contributed by atoms with Gasteiger partial charge in [-0.25, -0.2) is 4.79 Å². The molecule has 0 N–H and O–H groups in total. The molecule has 0 spiro atoms. The van der Waals surface area contributed by atoms with Crippen LogP contribution in [0.4, 0.5) is 0 Å². The first kappa shape index (κ1) is 18.0. The number of methoxy groups -OCH3 is 1. The van der Waals surface area contributed by atoms with Gasteiger partial charge in [-0.05, 0) is 35.9 Å². The molecular weight excluding hydrogens is 346 g/mol. The molecule has 6 heteroatoms. The third kappa shape index (κ3) is 4.22. The summed E-state index contributed by atoms with van der Waals surface area (Å²) in [5, 5.41) is 9.97. The lowest BCUT2D eigenvalue weighted by Gasteiger charge is -2.03. The van der Waals surface area contributed by atoms with Gasteiger partial charge in [0.25, 0.3) is 0 Å². The van der Waals surface area contributed by atoms with Crippen molar-refractivity contribution in [3.8, 4) is 11.8 Å². The van der Waals surface area contributed by atoms with E-state index in [1.165, 1.54) is 6.08 Å². The van der Waals surface area contributed by atoms with Crippen molar-refractivity contribution in [2.45, 2.75) is 0 Å². The summed E-state index contributed by atoms with van der Waals surface area (Å²) in [6.45, 7) is -0.514. The molecule has 0 aliphatic carbocycles. The highest BCUT2D eigenvalue weighted by Crippen LogP contribution is 2.19. The van der Waals surface area contributed by atoms with Gasteiger partial charge in [0.05, 0.1) is 7.11 Å². The lowest BCUT2D eigenvalue weighted by atomic mass is 10.1. The Morgan fingerprint density at radius 2 is 1.89 bits per heavy atom. The van der Waals surface area contributed by atoms with E-state index in [0.29, 0.717) is 16.9 Å². The van der Waals surface area contributed by atoms with Crippen molar-refractivity contribution in [1.29, 1.82) is 5.26 Å². The van der Waals surface area contributed by atoms with Crippen molar-refractivity contribution >= 4 is 28.8 Å². The summed E-state index contributed by atoms with van der Waals surface area (Å²) in [6, 6.07) is 17.4. The van der Waals surface area contributed by atoms with E-state index in [9.17, 15) is 14.9 Å². The second-order valence-electron chi connectivity index (χ2n) is 5.59. The van der Waals surface area contributed by atoms with Crippen molar-refractivity contribution in [3.05, 3.63) is 71.5 Å². The van der Waals surface area contributed by atoms with E-state index in [0.717, 1.165) is 5.39 Å². The largest absolute Gasteiger partial charge is 0.497 e. The minimum atomic E-state index is -0.877. The van der Waals surface area contributed by atoms with Gasteiger partial charge in [-0.15, -0.1) is 0 Å². The summed E-state index contributed by atoms with van der Waals surface area (Å²) in [5.74, 6) is -0.606. The van der Waals surface area contributed by atoms with Gasteiger partial charge in [0.2, 0.25) is 5.78 Å². The molecule has 0 aliphatic rings. The summed E-state index contributed by atoms with van der Waals surface area (Å²) < 4.78 is 15.4. The maximum atomic E-state index is 12.2. The first-order valence-corrected chi connectivity index (χ1v) is 8.05. The lowest BCUT2D eigenvalue weighted by molar-refractivity contribution is -0.137.